The van der Waals surface area contributed by atoms with Crippen LogP contribution in [0.25, 0.3) is 0 Å². The summed E-state index contributed by atoms with van der Waals surface area (Å²) in [6.07, 6.45) is 2.01. The van der Waals surface area contributed by atoms with Gasteiger partial charge in [0.05, 0.1) is 17.2 Å². The van der Waals surface area contributed by atoms with Crippen molar-refractivity contribution in [2.24, 2.45) is 0 Å². The van der Waals surface area contributed by atoms with Crippen molar-refractivity contribution in [3.8, 4) is 0 Å². The van der Waals surface area contributed by atoms with E-state index in [1.807, 2.05) is 0 Å². The smallest absolute Gasteiger partial charge is 0.261 e. The van der Waals surface area contributed by atoms with Gasteiger partial charge in [0.1, 0.15) is 0 Å². The summed E-state index contributed by atoms with van der Waals surface area (Å²) < 4.78 is 0. The number of nitrogens with zero attached hydrogens (tertiary/aromatic N) is 1. The van der Waals surface area contributed by atoms with Crippen molar-refractivity contribution in [3.05, 3.63) is 47.0 Å². The number of nitrogens with one attached hydrogen (secondary N) is 1. The lowest BCUT2D eigenvalue weighted by Gasteiger charge is -2.22. The molecule has 0 spiro atoms. The number of aliphatic hydroxyl groups excluding tert-OH is 1. The third kappa shape index (κ3) is 2.15. The molecule has 1 unspecified atom stereocenters. The molecular weight excluding hydrogens is 256 g/mol. The third-order valence-electron chi connectivity index (χ3n) is 3.77. The van der Waals surface area contributed by atoms with E-state index in [2.05, 4.69) is 5.32 Å². The zero-order chi connectivity index (χ0) is 14.1. The highest BCUT2D eigenvalue weighted by Gasteiger charge is 2.34. The molecule has 2 aliphatic heterocycles. The lowest BCUT2D eigenvalue weighted by molar-refractivity contribution is 0.0670. The van der Waals surface area contributed by atoms with Crippen molar-refractivity contribution in [2.75, 3.05) is 19.6 Å². The van der Waals surface area contributed by atoms with Crippen LogP contribution in [0.2, 0.25) is 0 Å². The minimum absolute atomic E-state index is 0.221. The van der Waals surface area contributed by atoms with Crippen molar-refractivity contribution in [1.29, 1.82) is 0 Å². The van der Waals surface area contributed by atoms with Gasteiger partial charge >= 0.3 is 0 Å². The molecular formula is C15H16N2O3. The first-order valence-electron chi connectivity index (χ1n) is 6.71. The van der Waals surface area contributed by atoms with Crippen LogP contribution in [0, 0.1) is 0 Å². The van der Waals surface area contributed by atoms with Crippen LogP contribution in [-0.2, 0) is 0 Å². The Bertz CT molecular complexity index is 560. The van der Waals surface area contributed by atoms with E-state index in [1.54, 1.807) is 30.3 Å². The van der Waals surface area contributed by atoms with E-state index in [-0.39, 0.29) is 18.4 Å². The average Bonchev–Trinajstić information content (AvgIpc) is 2.71. The molecule has 0 aromatic heterocycles. The molecule has 2 amide bonds. The van der Waals surface area contributed by atoms with Gasteiger partial charge in [0.25, 0.3) is 11.8 Å². The number of piperidine rings is 1. The van der Waals surface area contributed by atoms with Crippen molar-refractivity contribution >= 4 is 11.8 Å². The average molecular weight is 272 g/mol. The first kappa shape index (κ1) is 13.0. The zero-order valence-corrected chi connectivity index (χ0v) is 11.0. The minimum Gasteiger partial charge on any atom is -0.387 e. The van der Waals surface area contributed by atoms with Crippen molar-refractivity contribution in [2.45, 2.75) is 12.5 Å². The highest BCUT2D eigenvalue weighted by Crippen LogP contribution is 2.22. The lowest BCUT2D eigenvalue weighted by atomic mass is 10.0. The molecule has 0 aliphatic carbocycles. The Kier molecular flexibility index (Phi) is 3.38. The number of rotatable bonds is 2. The summed E-state index contributed by atoms with van der Waals surface area (Å²) in [5, 5.41) is 12.9. The molecule has 5 heteroatoms. The Labute approximate surface area is 116 Å². The van der Waals surface area contributed by atoms with Gasteiger partial charge in [-0.2, -0.15) is 0 Å². The fraction of sp³-hybridized carbons (Fsp3) is 0.333. The summed E-state index contributed by atoms with van der Waals surface area (Å²) in [5.41, 5.74) is 1.81. The summed E-state index contributed by atoms with van der Waals surface area (Å²) in [5.74, 6) is -0.517. The first-order valence-corrected chi connectivity index (χ1v) is 6.71. The summed E-state index contributed by atoms with van der Waals surface area (Å²) in [4.78, 5) is 25.6. The van der Waals surface area contributed by atoms with E-state index in [1.165, 1.54) is 4.90 Å². The number of hydrogen-bond acceptors (Lipinski definition) is 4. The lowest BCUT2D eigenvalue weighted by Crippen LogP contribution is -2.36. The standard InChI is InChI=1S/C15H16N2O3/c18-13-9-16-7-5-10(13)6-8-17-14(19)11-3-1-2-4-12(11)15(17)20/h1-4,6,13,16,18H,5,7-9H2/b10-6+. The predicted octanol–water partition coefficient (Wildman–Crippen LogP) is 0.563. The molecule has 2 N–H and O–H groups in total. The van der Waals surface area contributed by atoms with Crippen LogP contribution in [0.1, 0.15) is 27.1 Å². The molecule has 2 heterocycles. The van der Waals surface area contributed by atoms with Crippen LogP contribution < -0.4 is 5.32 Å². The molecule has 1 aromatic carbocycles. The van der Waals surface area contributed by atoms with Gasteiger partial charge in [-0.15, -0.1) is 0 Å². The molecule has 1 fully saturated rings. The Balaban J connectivity index is 1.78. The number of carbonyl (C=O) groups is 2. The zero-order valence-electron chi connectivity index (χ0n) is 11.0. The van der Waals surface area contributed by atoms with E-state index in [9.17, 15) is 14.7 Å². The van der Waals surface area contributed by atoms with E-state index in [4.69, 9.17) is 0 Å². The first-order chi connectivity index (χ1) is 9.68. The largest absolute Gasteiger partial charge is 0.387 e. The van der Waals surface area contributed by atoms with Crippen LogP contribution in [0.15, 0.2) is 35.9 Å². The molecule has 0 bridgehead atoms. The number of benzene rings is 1. The topological polar surface area (TPSA) is 69.6 Å². The molecule has 0 saturated carbocycles. The molecule has 104 valence electrons. The van der Waals surface area contributed by atoms with Crippen molar-refractivity contribution < 1.29 is 14.7 Å². The van der Waals surface area contributed by atoms with Crippen molar-refractivity contribution in [1.82, 2.24) is 10.2 Å². The fourth-order valence-electron chi connectivity index (χ4n) is 2.62. The quantitative estimate of drug-likeness (QED) is 0.610. The maximum absolute atomic E-state index is 12.2. The summed E-state index contributed by atoms with van der Waals surface area (Å²) >= 11 is 0. The maximum atomic E-state index is 12.2. The third-order valence-corrected chi connectivity index (χ3v) is 3.77. The van der Waals surface area contributed by atoms with E-state index in [0.29, 0.717) is 17.7 Å². The van der Waals surface area contributed by atoms with Crippen LogP contribution >= 0.6 is 0 Å². The van der Waals surface area contributed by atoms with Gasteiger partial charge in [0.2, 0.25) is 0 Å². The van der Waals surface area contributed by atoms with E-state index in [0.717, 1.165) is 18.5 Å². The molecule has 5 nitrogen and oxygen atoms in total. The number of β-amino-alcohol motifs (C(OH)–C–C–N with tert-alkyl or cyclic N) is 1. The summed E-state index contributed by atoms with van der Waals surface area (Å²) in [6, 6.07) is 6.84. The molecule has 0 radical (unpaired) electrons. The second-order valence-electron chi connectivity index (χ2n) is 5.02. The van der Waals surface area contributed by atoms with Crippen LogP contribution in [-0.4, -0.2) is 47.6 Å². The van der Waals surface area contributed by atoms with Gasteiger partial charge in [0, 0.05) is 13.1 Å². The van der Waals surface area contributed by atoms with E-state index >= 15 is 0 Å². The SMILES string of the molecule is O=C1c2ccccc2C(=O)N1C/C=C1\CCNCC1O. The van der Waals surface area contributed by atoms with Crippen LogP contribution in [0.3, 0.4) is 0 Å². The van der Waals surface area contributed by atoms with Gasteiger partial charge in [-0.05, 0) is 30.7 Å². The highest BCUT2D eigenvalue weighted by atomic mass is 16.3. The molecule has 3 rings (SSSR count). The normalized spacial score (nSPS) is 24.4. The fourth-order valence-corrected chi connectivity index (χ4v) is 2.62. The Morgan fingerprint density at radius 2 is 1.90 bits per heavy atom. The number of hydrogen-bond donors (Lipinski definition) is 2. The molecule has 1 atom stereocenters. The summed E-state index contributed by atoms with van der Waals surface area (Å²) in [7, 11) is 0. The minimum atomic E-state index is -0.529. The number of imide groups is 1. The number of fused-ring (bicyclic) bond motifs is 1. The second-order valence-corrected chi connectivity index (χ2v) is 5.02. The molecule has 1 saturated heterocycles. The van der Waals surface area contributed by atoms with Gasteiger partial charge in [0.15, 0.2) is 0 Å². The summed E-state index contributed by atoms with van der Waals surface area (Å²) in [6.45, 7) is 1.55. The van der Waals surface area contributed by atoms with Gasteiger partial charge in [-0.1, -0.05) is 18.2 Å². The van der Waals surface area contributed by atoms with Gasteiger partial charge < -0.3 is 10.4 Å². The molecule has 2 aliphatic rings. The Morgan fingerprint density at radius 3 is 2.50 bits per heavy atom. The number of aliphatic hydroxyl groups is 1. The molecule has 20 heavy (non-hydrogen) atoms. The number of carbonyl (C=O) groups excluding carboxylic acids is 2. The predicted molar refractivity (Wildman–Crippen MR) is 73.4 cm³/mol. The monoisotopic (exact) mass is 272 g/mol. The number of amides is 2. The van der Waals surface area contributed by atoms with Gasteiger partial charge in [-0.25, -0.2) is 0 Å². The van der Waals surface area contributed by atoms with Crippen LogP contribution in [0.4, 0.5) is 0 Å². The van der Waals surface area contributed by atoms with Crippen molar-refractivity contribution in [3.63, 3.8) is 0 Å². The highest BCUT2D eigenvalue weighted by molar-refractivity contribution is 6.21. The van der Waals surface area contributed by atoms with E-state index < -0.39 is 6.10 Å². The maximum Gasteiger partial charge on any atom is 0.261 e. The van der Waals surface area contributed by atoms with Gasteiger partial charge in [-0.3, -0.25) is 14.5 Å². The molecule has 1 aromatic rings. The van der Waals surface area contributed by atoms with Crippen LogP contribution in [0.5, 0.6) is 0 Å². The Hall–Kier alpha value is -1.98. The Morgan fingerprint density at radius 1 is 1.25 bits per heavy atom. The second kappa shape index (κ2) is 5.19.